The molecule has 20 heavy (non-hydrogen) atoms. The van der Waals surface area contributed by atoms with Crippen LogP contribution in [0.15, 0.2) is 28.8 Å². The monoisotopic (exact) mass is 282 g/mol. The lowest BCUT2D eigenvalue weighted by atomic mass is 10.1. The van der Waals surface area contributed by atoms with Crippen molar-refractivity contribution in [3.63, 3.8) is 0 Å². The van der Waals surface area contributed by atoms with Gasteiger partial charge in [0.15, 0.2) is 6.10 Å². The SMILES string of the molecule is OC(Cc1nc(C2Cc3ccccc3O2)no1)C(F)F. The zero-order chi connectivity index (χ0) is 14.1. The molecule has 2 atom stereocenters. The lowest BCUT2D eigenvalue weighted by molar-refractivity contribution is -0.00754. The first kappa shape index (κ1) is 13.0. The maximum Gasteiger partial charge on any atom is 0.264 e. The second kappa shape index (κ2) is 5.16. The Labute approximate surface area is 113 Å². The molecular weight excluding hydrogens is 270 g/mol. The molecule has 5 nitrogen and oxygen atoms in total. The van der Waals surface area contributed by atoms with Crippen LogP contribution in [0.3, 0.4) is 0 Å². The van der Waals surface area contributed by atoms with E-state index >= 15 is 0 Å². The first-order valence-electron chi connectivity index (χ1n) is 6.16. The van der Waals surface area contributed by atoms with Gasteiger partial charge < -0.3 is 14.4 Å². The van der Waals surface area contributed by atoms with Crippen molar-refractivity contribution in [1.29, 1.82) is 0 Å². The number of rotatable bonds is 4. The first-order valence-corrected chi connectivity index (χ1v) is 6.16. The van der Waals surface area contributed by atoms with Crippen molar-refractivity contribution in [1.82, 2.24) is 10.1 Å². The van der Waals surface area contributed by atoms with Crippen LogP contribution in [0.1, 0.15) is 23.4 Å². The van der Waals surface area contributed by atoms with Gasteiger partial charge in [-0.2, -0.15) is 4.98 Å². The standard InChI is InChI=1S/C13H12F2N2O3/c14-12(15)8(18)6-11-16-13(17-20-11)10-5-7-3-1-2-4-9(7)19-10/h1-4,8,10,12,18H,5-6H2. The smallest absolute Gasteiger partial charge is 0.264 e. The number of aliphatic hydroxyl groups excluding tert-OH is 1. The molecule has 2 aromatic rings. The Kier molecular flexibility index (Phi) is 3.35. The number of aromatic nitrogens is 2. The topological polar surface area (TPSA) is 68.4 Å². The molecule has 1 aliphatic heterocycles. The van der Waals surface area contributed by atoms with Crippen molar-refractivity contribution >= 4 is 0 Å². The van der Waals surface area contributed by atoms with E-state index in [2.05, 4.69) is 10.1 Å². The molecule has 2 heterocycles. The molecule has 0 radical (unpaired) electrons. The summed E-state index contributed by atoms with van der Waals surface area (Å²) >= 11 is 0. The Morgan fingerprint density at radius 1 is 1.35 bits per heavy atom. The number of ether oxygens (including phenoxy) is 1. The maximum absolute atomic E-state index is 12.2. The molecule has 0 aliphatic carbocycles. The molecule has 0 amide bonds. The number of fused-ring (bicyclic) bond motifs is 1. The van der Waals surface area contributed by atoms with E-state index in [0.717, 1.165) is 11.3 Å². The summed E-state index contributed by atoms with van der Waals surface area (Å²) in [5, 5.41) is 12.8. The van der Waals surface area contributed by atoms with Gasteiger partial charge in [0.2, 0.25) is 11.7 Å². The number of nitrogens with zero attached hydrogens (tertiary/aromatic N) is 2. The first-order chi connectivity index (χ1) is 9.63. The lowest BCUT2D eigenvalue weighted by Gasteiger charge is -2.05. The average molecular weight is 282 g/mol. The number of para-hydroxylation sites is 1. The van der Waals surface area contributed by atoms with Crippen molar-refractivity contribution in [2.24, 2.45) is 0 Å². The third-order valence-electron chi connectivity index (χ3n) is 3.09. The molecule has 1 aromatic carbocycles. The minimum atomic E-state index is -2.84. The third kappa shape index (κ3) is 2.49. The van der Waals surface area contributed by atoms with Crippen LogP contribution in [0.4, 0.5) is 8.78 Å². The minimum Gasteiger partial charge on any atom is -0.482 e. The zero-order valence-corrected chi connectivity index (χ0v) is 10.4. The Bertz CT molecular complexity index is 578. The van der Waals surface area contributed by atoms with Gasteiger partial charge in [-0.3, -0.25) is 0 Å². The molecule has 7 heteroatoms. The third-order valence-corrected chi connectivity index (χ3v) is 3.09. The summed E-state index contributed by atoms with van der Waals surface area (Å²) in [5.41, 5.74) is 1.04. The van der Waals surface area contributed by atoms with Gasteiger partial charge in [0, 0.05) is 6.42 Å². The van der Waals surface area contributed by atoms with Gasteiger partial charge in [-0.05, 0) is 11.6 Å². The van der Waals surface area contributed by atoms with Gasteiger partial charge in [-0.25, -0.2) is 8.78 Å². The van der Waals surface area contributed by atoms with Gasteiger partial charge in [0.1, 0.15) is 11.9 Å². The number of alkyl halides is 2. The van der Waals surface area contributed by atoms with Crippen molar-refractivity contribution in [3.8, 4) is 5.75 Å². The van der Waals surface area contributed by atoms with Crippen LogP contribution < -0.4 is 4.74 Å². The molecule has 0 bridgehead atoms. The highest BCUT2D eigenvalue weighted by atomic mass is 19.3. The fraction of sp³-hybridized carbons (Fsp3) is 0.385. The lowest BCUT2D eigenvalue weighted by Crippen LogP contribution is -2.20. The number of halogens is 2. The predicted molar refractivity (Wildman–Crippen MR) is 63.5 cm³/mol. The molecular formula is C13H12F2N2O3. The van der Waals surface area contributed by atoms with Gasteiger partial charge in [0.25, 0.3) is 6.43 Å². The number of hydrogen-bond donors (Lipinski definition) is 1. The summed E-state index contributed by atoms with van der Waals surface area (Å²) in [4.78, 5) is 4.00. The van der Waals surface area contributed by atoms with Crippen molar-refractivity contribution in [2.75, 3.05) is 0 Å². The second-order valence-corrected chi connectivity index (χ2v) is 4.57. The van der Waals surface area contributed by atoms with Crippen LogP contribution in [0, 0.1) is 0 Å². The van der Waals surface area contributed by atoms with E-state index in [1.807, 2.05) is 24.3 Å². The summed E-state index contributed by atoms with van der Waals surface area (Å²) < 4.78 is 35.0. The normalized spacial score (nSPS) is 18.9. The van der Waals surface area contributed by atoms with Crippen LogP contribution in [-0.4, -0.2) is 27.8 Å². The second-order valence-electron chi connectivity index (χ2n) is 4.57. The summed E-state index contributed by atoms with van der Waals surface area (Å²) in [6.45, 7) is 0. The van der Waals surface area contributed by atoms with Crippen LogP contribution in [0.25, 0.3) is 0 Å². The van der Waals surface area contributed by atoms with E-state index in [1.54, 1.807) is 0 Å². The van der Waals surface area contributed by atoms with E-state index in [4.69, 9.17) is 14.4 Å². The number of aliphatic hydroxyl groups is 1. The predicted octanol–water partition coefficient (Wildman–Crippen LogP) is 1.91. The van der Waals surface area contributed by atoms with Crippen molar-refractivity contribution < 1.29 is 23.1 Å². The minimum absolute atomic E-state index is 0.0210. The molecule has 0 saturated heterocycles. The average Bonchev–Trinajstić information content (AvgIpc) is 3.03. The summed E-state index contributed by atoms with van der Waals surface area (Å²) in [7, 11) is 0. The maximum atomic E-state index is 12.2. The molecule has 1 N–H and O–H groups in total. The van der Waals surface area contributed by atoms with Crippen LogP contribution in [0.5, 0.6) is 5.75 Å². The van der Waals surface area contributed by atoms with Gasteiger partial charge in [0.05, 0.1) is 6.42 Å². The summed E-state index contributed by atoms with van der Waals surface area (Å²) in [6, 6.07) is 7.56. The van der Waals surface area contributed by atoms with E-state index in [0.29, 0.717) is 12.2 Å². The van der Waals surface area contributed by atoms with Crippen molar-refractivity contribution in [3.05, 3.63) is 41.5 Å². The number of benzene rings is 1. The van der Waals surface area contributed by atoms with Gasteiger partial charge >= 0.3 is 0 Å². The molecule has 1 aromatic heterocycles. The van der Waals surface area contributed by atoms with Crippen LogP contribution in [0.2, 0.25) is 0 Å². The van der Waals surface area contributed by atoms with E-state index in [1.165, 1.54) is 0 Å². The highest BCUT2D eigenvalue weighted by molar-refractivity contribution is 5.37. The van der Waals surface area contributed by atoms with Crippen molar-refractivity contribution in [2.45, 2.75) is 31.5 Å². The molecule has 0 saturated carbocycles. The largest absolute Gasteiger partial charge is 0.482 e. The Balaban J connectivity index is 1.70. The van der Waals surface area contributed by atoms with Crippen LogP contribution >= 0.6 is 0 Å². The summed E-state index contributed by atoms with van der Waals surface area (Å²) in [6.07, 6.45) is -4.78. The van der Waals surface area contributed by atoms with Gasteiger partial charge in [-0.15, -0.1) is 0 Å². The zero-order valence-electron chi connectivity index (χ0n) is 10.4. The molecule has 0 spiro atoms. The Morgan fingerprint density at radius 2 is 2.15 bits per heavy atom. The summed E-state index contributed by atoms with van der Waals surface area (Å²) in [5.74, 6) is 1.04. The van der Waals surface area contributed by atoms with E-state index < -0.39 is 12.5 Å². The molecule has 1 aliphatic rings. The highest BCUT2D eigenvalue weighted by Crippen LogP contribution is 2.35. The Morgan fingerprint density at radius 3 is 2.90 bits per heavy atom. The molecule has 3 rings (SSSR count). The quantitative estimate of drug-likeness (QED) is 0.927. The highest BCUT2D eigenvalue weighted by Gasteiger charge is 2.29. The number of hydrogen-bond acceptors (Lipinski definition) is 5. The van der Waals surface area contributed by atoms with E-state index in [9.17, 15) is 8.78 Å². The van der Waals surface area contributed by atoms with Crippen LogP contribution in [-0.2, 0) is 12.8 Å². The fourth-order valence-electron chi connectivity index (χ4n) is 2.08. The fourth-order valence-corrected chi connectivity index (χ4v) is 2.08. The molecule has 2 unspecified atom stereocenters. The van der Waals surface area contributed by atoms with E-state index in [-0.39, 0.29) is 18.4 Å². The van der Waals surface area contributed by atoms with Gasteiger partial charge in [-0.1, -0.05) is 23.4 Å². The molecule has 106 valence electrons. The Hall–Kier alpha value is -2.02. The molecule has 0 fully saturated rings.